The van der Waals surface area contributed by atoms with Gasteiger partial charge in [-0.05, 0) is 6.92 Å². The maximum absolute atomic E-state index is 10.6. The molecule has 0 heterocycles. The van der Waals surface area contributed by atoms with Gasteiger partial charge in [-0.1, -0.05) is 0 Å². The van der Waals surface area contributed by atoms with E-state index in [-0.39, 0.29) is 0 Å². The molecule has 1 atom stereocenters. The highest BCUT2D eigenvalue weighted by Crippen LogP contribution is 2.01. The number of carbonyl (C=O) groups excluding carboxylic acids is 2. The van der Waals surface area contributed by atoms with Gasteiger partial charge in [0.05, 0.1) is 0 Å². The maximum atomic E-state index is 10.6. The Bertz CT molecular complexity index is 365. The van der Waals surface area contributed by atoms with E-state index in [4.69, 9.17) is 9.66 Å². The number of rotatable bonds is 5. The van der Waals surface area contributed by atoms with Crippen LogP contribution in [0.25, 0.3) is 0 Å². The molecule has 0 aliphatic carbocycles. The summed E-state index contributed by atoms with van der Waals surface area (Å²) in [6.45, 7) is 0.747. The molecule has 80 valence electrons. The second-order valence-electron chi connectivity index (χ2n) is 2.18. The number of carboxylic acids is 1. The lowest BCUT2D eigenvalue weighted by molar-refractivity contribution is -0.154. The average molecular weight is 226 g/mol. The van der Waals surface area contributed by atoms with Gasteiger partial charge >= 0.3 is 16.4 Å². The number of ketones is 2. The molecule has 0 amide bonds. The minimum absolute atomic E-state index is 0.747. The lowest BCUT2D eigenvalue weighted by Crippen LogP contribution is -2.37. The molecule has 8 nitrogen and oxygen atoms in total. The number of hydrogen-bond acceptors (Lipinski definition) is 6. The molecule has 0 saturated carbocycles. The molecule has 2 N–H and O–H groups in total. The van der Waals surface area contributed by atoms with Gasteiger partial charge in [0.15, 0.2) is 5.78 Å². The molecule has 9 heteroatoms. The van der Waals surface area contributed by atoms with Crippen molar-refractivity contribution in [3.8, 4) is 0 Å². The van der Waals surface area contributed by atoms with Crippen LogP contribution >= 0.6 is 0 Å². The number of aliphatic carboxylic acids is 1. The van der Waals surface area contributed by atoms with Crippen LogP contribution in [0.3, 0.4) is 0 Å². The first-order valence-electron chi connectivity index (χ1n) is 3.08. The Morgan fingerprint density at radius 2 is 1.71 bits per heavy atom. The number of Topliss-reactive ketones (excluding diaryl/α,β-unsaturated/α-hetero) is 2. The first-order valence-corrected chi connectivity index (χ1v) is 4.45. The molecule has 0 aromatic carbocycles. The van der Waals surface area contributed by atoms with Crippen molar-refractivity contribution in [3.63, 3.8) is 0 Å². The van der Waals surface area contributed by atoms with Gasteiger partial charge in [0.2, 0.25) is 6.10 Å². The Kier molecular flexibility index (Phi) is 3.86. The zero-order chi connectivity index (χ0) is 11.5. The third kappa shape index (κ3) is 4.07. The van der Waals surface area contributed by atoms with Crippen LogP contribution in [0.4, 0.5) is 0 Å². The summed E-state index contributed by atoms with van der Waals surface area (Å²) in [6, 6.07) is 0. The van der Waals surface area contributed by atoms with Crippen molar-refractivity contribution < 1.29 is 36.6 Å². The molecular weight excluding hydrogens is 220 g/mol. The Hall–Kier alpha value is -1.32. The molecule has 0 aromatic rings. The van der Waals surface area contributed by atoms with E-state index in [0.717, 1.165) is 6.92 Å². The predicted octanol–water partition coefficient (Wildman–Crippen LogP) is -1.58. The second-order valence-corrected chi connectivity index (χ2v) is 3.23. The van der Waals surface area contributed by atoms with Crippen molar-refractivity contribution >= 4 is 27.9 Å². The summed E-state index contributed by atoms with van der Waals surface area (Å²) >= 11 is 0. The molecule has 1 unspecified atom stereocenters. The van der Waals surface area contributed by atoms with E-state index in [1.165, 1.54) is 0 Å². The van der Waals surface area contributed by atoms with Gasteiger partial charge in [0, 0.05) is 0 Å². The molecular formula is C5H6O8S. The van der Waals surface area contributed by atoms with Gasteiger partial charge in [-0.15, -0.1) is 0 Å². The third-order valence-electron chi connectivity index (χ3n) is 1.04. The highest BCUT2D eigenvalue weighted by Gasteiger charge is 2.33. The minimum Gasteiger partial charge on any atom is -0.475 e. The van der Waals surface area contributed by atoms with E-state index in [1.807, 2.05) is 0 Å². The summed E-state index contributed by atoms with van der Waals surface area (Å²) < 4.78 is 31.9. The van der Waals surface area contributed by atoms with Crippen LogP contribution in [0.15, 0.2) is 0 Å². The van der Waals surface area contributed by atoms with Crippen molar-refractivity contribution in [2.45, 2.75) is 13.0 Å². The number of hydrogen-bond donors (Lipinski definition) is 2. The summed E-state index contributed by atoms with van der Waals surface area (Å²) in [5.74, 6) is -4.95. The summed E-state index contributed by atoms with van der Waals surface area (Å²) in [5, 5.41) is 8.14. The molecule has 14 heavy (non-hydrogen) atoms. The van der Waals surface area contributed by atoms with Crippen LogP contribution in [0.5, 0.6) is 0 Å². The quantitative estimate of drug-likeness (QED) is 0.325. The van der Waals surface area contributed by atoms with Crippen molar-refractivity contribution in [3.05, 3.63) is 0 Å². The van der Waals surface area contributed by atoms with Gasteiger partial charge in [-0.2, -0.15) is 8.42 Å². The van der Waals surface area contributed by atoms with Gasteiger partial charge in [0.1, 0.15) is 0 Å². The first kappa shape index (κ1) is 12.7. The number of carbonyl (C=O) groups is 3. The molecule has 0 aliphatic rings. The van der Waals surface area contributed by atoms with Gasteiger partial charge < -0.3 is 5.11 Å². The minimum atomic E-state index is -5.05. The van der Waals surface area contributed by atoms with Gasteiger partial charge in [-0.25, -0.2) is 8.98 Å². The van der Waals surface area contributed by atoms with E-state index in [2.05, 4.69) is 4.18 Å². The van der Waals surface area contributed by atoms with Crippen LogP contribution in [0, 0.1) is 0 Å². The molecule has 0 radical (unpaired) electrons. The summed E-state index contributed by atoms with van der Waals surface area (Å²) in [6.07, 6.45) is -2.34. The Balaban J connectivity index is 4.89. The molecule has 0 bridgehead atoms. The second kappa shape index (κ2) is 4.26. The lowest BCUT2D eigenvalue weighted by atomic mass is 10.2. The standard InChI is InChI=1S/C5H6O8S/c1-2(6)4(3(7)5(8)9)13-14(10,11)12/h4H,1H3,(H,8,9)(H,10,11,12). The number of carboxylic acid groups (broad SMARTS) is 1. The smallest absolute Gasteiger partial charge is 0.398 e. The van der Waals surface area contributed by atoms with Gasteiger partial charge in [-0.3, -0.25) is 14.1 Å². The van der Waals surface area contributed by atoms with E-state index in [9.17, 15) is 22.8 Å². The Labute approximate surface area is 78.4 Å². The molecule has 0 fully saturated rings. The van der Waals surface area contributed by atoms with Gasteiger partial charge in [0.25, 0.3) is 5.78 Å². The summed E-state index contributed by atoms with van der Waals surface area (Å²) in [5.41, 5.74) is 0. The third-order valence-corrected chi connectivity index (χ3v) is 1.47. The van der Waals surface area contributed by atoms with Crippen LogP contribution in [-0.4, -0.2) is 41.7 Å². The highest BCUT2D eigenvalue weighted by atomic mass is 32.3. The normalized spacial score (nSPS) is 13.3. The summed E-state index contributed by atoms with van der Waals surface area (Å²) in [4.78, 5) is 31.3. The molecule has 0 rings (SSSR count). The molecule has 0 saturated heterocycles. The fourth-order valence-electron chi connectivity index (χ4n) is 0.530. The van der Waals surface area contributed by atoms with Crippen LogP contribution in [-0.2, 0) is 29.0 Å². The van der Waals surface area contributed by atoms with Crippen LogP contribution in [0.1, 0.15) is 6.92 Å². The fraction of sp³-hybridized carbons (Fsp3) is 0.400. The topological polar surface area (TPSA) is 135 Å². The van der Waals surface area contributed by atoms with Crippen LogP contribution in [0.2, 0.25) is 0 Å². The largest absolute Gasteiger partial charge is 0.475 e. The van der Waals surface area contributed by atoms with E-state index < -0.39 is 34.0 Å². The van der Waals surface area contributed by atoms with E-state index in [0.29, 0.717) is 0 Å². The fourth-order valence-corrected chi connectivity index (χ4v) is 0.996. The van der Waals surface area contributed by atoms with Crippen molar-refractivity contribution in [2.75, 3.05) is 0 Å². The van der Waals surface area contributed by atoms with E-state index >= 15 is 0 Å². The predicted molar refractivity (Wildman–Crippen MR) is 39.7 cm³/mol. The van der Waals surface area contributed by atoms with Crippen molar-refractivity contribution in [2.24, 2.45) is 0 Å². The highest BCUT2D eigenvalue weighted by molar-refractivity contribution is 7.81. The maximum Gasteiger partial charge on any atom is 0.398 e. The Morgan fingerprint density at radius 3 is 1.93 bits per heavy atom. The molecule has 0 aromatic heterocycles. The van der Waals surface area contributed by atoms with Crippen LogP contribution < -0.4 is 0 Å². The lowest BCUT2D eigenvalue weighted by Gasteiger charge is -2.07. The SMILES string of the molecule is CC(=O)C(OS(=O)(=O)O)C(=O)C(=O)O. The van der Waals surface area contributed by atoms with Crippen molar-refractivity contribution in [1.82, 2.24) is 0 Å². The average Bonchev–Trinajstić information content (AvgIpc) is 1.96. The van der Waals surface area contributed by atoms with Crippen molar-refractivity contribution in [1.29, 1.82) is 0 Å². The van der Waals surface area contributed by atoms with E-state index in [1.54, 1.807) is 0 Å². The summed E-state index contributed by atoms with van der Waals surface area (Å²) in [7, 11) is -5.05. The monoisotopic (exact) mass is 226 g/mol. The molecule has 0 spiro atoms. The zero-order valence-corrected chi connectivity index (χ0v) is 7.65. The Morgan fingerprint density at radius 1 is 1.29 bits per heavy atom. The molecule has 0 aliphatic heterocycles. The first-order chi connectivity index (χ1) is 6.15. The zero-order valence-electron chi connectivity index (χ0n) is 6.83.